The Balaban J connectivity index is 1.96. The van der Waals surface area contributed by atoms with E-state index in [9.17, 15) is 9.59 Å². The fourth-order valence-corrected chi connectivity index (χ4v) is 2.29. The summed E-state index contributed by atoms with van der Waals surface area (Å²) in [7, 11) is 0. The lowest BCUT2D eigenvalue weighted by molar-refractivity contribution is -0.149. The highest BCUT2D eigenvalue weighted by molar-refractivity contribution is 5.85. The zero-order valence-electron chi connectivity index (χ0n) is 12.5. The third kappa shape index (κ3) is 4.18. The summed E-state index contributed by atoms with van der Waals surface area (Å²) in [6.07, 6.45) is 5.75. The molecule has 1 aliphatic carbocycles. The van der Waals surface area contributed by atoms with Gasteiger partial charge in [0.2, 0.25) is 5.91 Å². The lowest BCUT2D eigenvalue weighted by Gasteiger charge is -2.26. The molecule has 1 unspecified atom stereocenters. The number of amides is 1. The molecule has 0 spiro atoms. The predicted molar refractivity (Wildman–Crippen MR) is 81.8 cm³/mol. The summed E-state index contributed by atoms with van der Waals surface area (Å²) in [5, 5.41) is 9.10. The monoisotopic (exact) mass is 287 g/mol. The first kappa shape index (κ1) is 15.3. The molecule has 1 aromatic carbocycles. The van der Waals surface area contributed by atoms with Crippen LogP contribution in [0.4, 0.5) is 0 Å². The van der Waals surface area contributed by atoms with E-state index in [1.165, 1.54) is 10.5 Å². The van der Waals surface area contributed by atoms with E-state index in [-0.39, 0.29) is 18.4 Å². The van der Waals surface area contributed by atoms with Crippen molar-refractivity contribution in [2.45, 2.75) is 45.2 Å². The number of hydrogen-bond acceptors (Lipinski definition) is 2. The fraction of sp³-hybridized carbons (Fsp3) is 0.412. The van der Waals surface area contributed by atoms with Gasteiger partial charge in [0.15, 0.2) is 0 Å². The number of benzene rings is 1. The lowest BCUT2D eigenvalue weighted by atomic mass is 10.1. The van der Waals surface area contributed by atoms with Gasteiger partial charge in [-0.3, -0.25) is 4.79 Å². The molecule has 21 heavy (non-hydrogen) atoms. The van der Waals surface area contributed by atoms with Crippen LogP contribution in [-0.2, 0) is 9.59 Å². The van der Waals surface area contributed by atoms with Crippen molar-refractivity contribution in [2.24, 2.45) is 0 Å². The molecular weight excluding hydrogens is 266 g/mol. The highest BCUT2D eigenvalue weighted by Gasteiger charge is 2.37. The average molecular weight is 287 g/mol. The molecule has 1 N–H and O–H groups in total. The normalized spacial score (nSPS) is 15.9. The number of aliphatic carboxylic acids is 1. The molecule has 1 fully saturated rings. The van der Waals surface area contributed by atoms with Crippen LogP contribution in [0.1, 0.15) is 37.3 Å². The quantitative estimate of drug-likeness (QED) is 0.875. The molecule has 112 valence electrons. The Morgan fingerprint density at radius 3 is 2.48 bits per heavy atom. The molecule has 0 aromatic heterocycles. The lowest BCUT2D eigenvalue weighted by Crippen LogP contribution is -2.44. The first-order valence-electron chi connectivity index (χ1n) is 7.26. The molecular formula is C17H21NO3. The second kappa shape index (κ2) is 6.57. The van der Waals surface area contributed by atoms with Gasteiger partial charge in [-0.2, -0.15) is 0 Å². The van der Waals surface area contributed by atoms with Gasteiger partial charge in [-0.05, 0) is 32.3 Å². The van der Waals surface area contributed by atoms with Crippen molar-refractivity contribution < 1.29 is 14.7 Å². The molecule has 2 rings (SSSR count). The highest BCUT2D eigenvalue weighted by atomic mass is 16.4. The Morgan fingerprint density at radius 1 is 1.33 bits per heavy atom. The van der Waals surface area contributed by atoms with Crippen molar-refractivity contribution in [3.8, 4) is 0 Å². The molecule has 0 heterocycles. The molecule has 1 aliphatic rings. The van der Waals surface area contributed by atoms with E-state index < -0.39 is 12.0 Å². The second-order valence-corrected chi connectivity index (χ2v) is 5.56. The van der Waals surface area contributed by atoms with Crippen molar-refractivity contribution >= 4 is 18.0 Å². The van der Waals surface area contributed by atoms with Gasteiger partial charge in [-0.15, -0.1) is 0 Å². The number of hydrogen-bond donors (Lipinski definition) is 1. The third-order valence-electron chi connectivity index (χ3n) is 3.68. The van der Waals surface area contributed by atoms with Crippen molar-refractivity contribution in [1.29, 1.82) is 0 Å². The van der Waals surface area contributed by atoms with Gasteiger partial charge in [-0.1, -0.05) is 42.0 Å². The topological polar surface area (TPSA) is 57.6 Å². The summed E-state index contributed by atoms with van der Waals surface area (Å²) < 4.78 is 0. The first-order valence-corrected chi connectivity index (χ1v) is 7.26. The van der Waals surface area contributed by atoms with Gasteiger partial charge in [0, 0.05) is 12.5 Å². The van der Waals surface area contributed by atoms with E-state index in [1.807, 2.05) is 37.3 Å². The van der Waals surface area contributed by atoms with Gasteiger partial charge >= 0.3 is 5.97 Å². The number of carbonyl (C=O) groups excluding carboxylic acids is 1. The Bertz CT molecular complexity index is 544. The van der Waals surface area contributed by atoms with Crippen LogP contribution in [0.15, 0.2) is 30.3 Å². The van der Waals surface area contributed by atoms with E-state index in [4.69, 9.17) is 5.11 Å². The number of carboxylic acid groups (broad SMARTS) is 1. The van der Waals surface area contributed by atoms with E-state index in [0.29, 0.717) is 0 Å². The minimum Gasteiger partial charge on any atom is -0.480 e. The third-order valence-corrected chi connectivity index (χ3v) is 3.68. The molecule has 4 nitrogen and oxygen atoms in total. The van der Waals surface area contributed by atoms with E-state index >= 15 is 0 Å². The Hall–Kier alpha value is -2.10. The summed E-state index contributed by atoms with van der Waals surface area (Å²) in [6.45, 7) is 3.60. The minimum absolute atomic E-state index is 0.108. The molecule has 0 bridgehead atoms. The van der Waals surface area contributed by atoms with Crippen molar-refractivity contribution in [3.05, 3.63) is 41.5 Å². The summed E-state index contributed by atoms with van der Waals surface area (Å²) in [6, 6.07) is 7.38. The molecule has 0 radical (unpaired) electrons. The van der Waals surface area contributed by atoms with Crippen molar-refractivity contribution in [3.63, 3.8) is 0 Å². The molecule has 1 aromatic rings. The van der Waals surface area contributed by atoms with Gasteiger partial charge in [0.1, 0.15) is 6.04 Å². The zero-order chi connectivity index (χ0) is 15.4. The van der Waals surface area contributed by atoms with Gasteiger partial charge in [-0.25, -0.2) is 4.79 Å². The van der Waals surface area contributed by atoms with Crippen LogP contribution in [0.5, 0.6) is 0 Å². The maximum Gasteiger partial charge on any atom is 0.326 e. The summed E-state index contributed by atoms with van der Waals surface area (Å²) >= 11 is 0. The minimum atomic E-state index is -0.947. The Kier molecular flexibility index (Phi) is 4.78. The van der Waals surface area contributed by atoms with Crippen LogP contribution in [0.3, 0.4) is 0 Å². The molecule has 0 aliphatic heterocycles. The Morgan fingerprint density at radius 2 is 1.95 bits per heavy atom. The predicted octanol–water partition coefficient (Wildman–Crippen LogP) is 2.86. The fourth-order valence-electron chi connectivity index (χ4n) is 2.29. The number of carbonyl (C=O) groups is 2. The summed E-state index contributed by atoms with van der Waals surface area (Å²) in [4.78, 5) is 24.8. The van der Waals surface area contributed by atoms with Crippen molar-refractivity contribution in [1.82, 2.24) is 4.90 Å². The van der Waals surface area contributed by atoms with Crippen molar-refractivity contribution in [2.75, 3.05) is 0 Å². The molecule has 0 saturated heterocycles. The Labute approximate surface area is 125 Å². The van der Waals surface area contributed by atoms with Crippen LogP contribution in [0.25, 0.3) is 6.08 Å². The summed E-state index contributed by atoms with van der Waals surface area (Å²) in [5.41, 5.74) is 2.23. The maximum atomic E-state index is 12.2. The summed E-state index contributed by atoms with van der Waals surface area (Å²) in [5.74, 6) is -1.06. The smallest absolute Gasteiger partial charge is 0.326 e. The van der Waals surface area contributed by atoms with Crippen LogP contribution < -0.4 is 0 Å². The molecule has 1 atom stereocenters. The van der Waals surface area contributed by atoms with Crippen LogP contribution in [0.2, 0.25) is 0 Å². The van der Waals surface area contributed by atoms with E-state index in [1.54, 1.807) is 13.0 Å². The molecule has 1 amide bonds. The van der Waals surface area contributed by atoms with E-state index in [0.717, 1.165) is 18.4 Å². The largest absolute Gasteiger partial charge is 0.480 e. The average Bonchev–Trinajstić information content (AvgIpc) is 3.25. The number of aryl methyl sites for hydroxylation is 1. The van der Waals surface area contributed by atoms with Crippen LogP contribution >= 0.6 is 0 Å². The number of nitrogens with zero attached hydrogens (tertiary/aromatic N) is 1. The van der Waals surface area contributed by atoms with E-state index in [2.05, 4.69) is 0 Å². The zero-order valence-corrected chi connectivity index (χ0v) is 12.5. The number of rotatable bonds is 6. The van der Waals surface area contributed by atoms with Crippen LogP contribution in [0, 0.1) is 6.92 Å². The highest BCUT2D eigenvalue weighted by Crippen LogP contribution is 2.29. The second-order valence-electron chi connectivity index (χ2n) is 5.56. The first-order chi connectivity index (χ1) is 9.99. The standard InChI is InChI=1S/C17H21NO3/c1-12-6-8-14(9-7-12)4-3-5-16(19)18(15-10-11-15)13(2)17(20)21/h3-4,6-9,13,15H,5,10-11H2,1-2H3,(H,20,21)/b4-3+. The van der Waals surface area contributed by atoms with Crippen LogP contribution in [-0.4, -0.2) is 34.0 Å². The molecule has 1 saturated carbocycles. The SMILES string of the molecule is Cc1ccc(/C=C/CC(=O)N(C2CC2)C(C)C(=O)O)cc1. The van der Waals surface area contributed by atoms with Gasteiger partial charge in [0.05, 0.1) is 0 Å². The number of carboxylic acids is 1. The van der Waals surface area contributed by atoms with Gasteiger partial charge in [0.25, 0.3) is 0 Å². The van der Waals surface area contributed by atoms with Gasteiger partial charge < -0.3 is 10.0 Å². The molecule has 4 heteroatoms. The maximum absolute atomic E-state index is 12.2.